The van der Waals surface area contributed by atoms with Crippen molar-refractivity contribution < 1.29 is 4.84 Å². The second kappa shape index (κ2) is 6.22. The summed E-state index contributed by atoms with van der Waals surface area (Å²) in [5, 5.41) is 3.90. The van der Waals surface area contributed by atoms with E-state index < -0.39 is 0 Å². The van der Waals surface area contributed by atoms with Crippen LogP contribution >= 0.6 is 11.6 Å². The molecule has 2 nitrogen and oxygen atoms in total. The van der Waals surface area contributed by atoms with Crippen LogP contribution in [0.2, 0.25) is 0 Å². The molecule has 0 spiro atoms. The Morgan fingerprint density at radius 1 is 1.00 bits per heavy atom. The van der Waals surface area contributed by atoms with Gasteiger partial charge in [-0.15, -0.1) is 11.6 Å². The number of halogens is 1. The van der Waals surface area contributed by atoms with Crippen LogP contribution in [0, 0.1) is 0 Å². The summed E-state index contributed by atoms with van der Waals surface area (Å²) in [6.45, 7) is 0. The van der Waals surface area contributed by atoms with Crippen molar-refractivity contribution in [1.82, 2.24) is 0 Å². The molecule has 3 heteroatoms. The highest BCUT2D eigenvalue weighted by atomic mass is 35.5. The molecule has 0 fully saturated rings. The number of oxime groups is 1. The molecule has 0 heterocycles. The van der Waals surface area contributed by atoms with Crippen molar-refractivity contribution in [3.05, 3.63) is 60.2 Å². The minimum absolute atomic E-state index is 0.332. The van der Waals surface area contributed by atoms with Crippen LogP contribution < -0.4 is 0 Å². The number of nitrogens with zero attached hydrogens (tertiary/aromatic N) is 1. The summed E-state index contributed by atoms with van der Waals surface area (Å²) >= 11 is 5.83. The number of hydrogen-bond donors (Lipinski definition) is 0. The highest BCUT2D eigenvalue weighted by molar-refractivity contribution is 6.31. The van der Waals surface area contributed by atoms with Crippen LogP contribution in [0.1, 0.15) is 5.56 Å². The van der Waals surface area contributed by atoms with Gasteiger partial charge in [-0.1, -0.05) is 59.8 Å². The minimum Gasteiger partial charge on any atom is -0.399 e. The molecule has 2 aromatic carbocycles. The second-order valence-corrected chi connectivity index (χ2v) is 4.06. The van der Waals surface area contributed by atoms with Gasteiger partial charge >= 0.3 is 0 Å². The van der Waals surface area contributed by atoms with Crippen LogP contribution in [0.3, 0.4) is 0 Å². The van der Waals surface area contributed by atoms with Gasteiger partial charge in [0.05, 0.1) is 5.88 Å². The number of hydrogen-bond acceptors (Lipinski definition) is 2. The van der Waals surface area contributed by atoms with Crippen LogP contribution in [0.5, 0.6) is 0 Å². The zero-order chi connectivity index (χ0) is 12.8. The standard InChI is InChI=1S/C15H14ClNO/c1-18-17-15(11-16)14-9-7-13(8-10-14)12-5-3-2-4-6-12/h2-10H,11H2,1H3/b17-15-. The molecule has 2 rings (SSSR count). The minimum atomic E-state index is 0.332. The maximum atomic E-state index is 5.83. The van der Waals surface area contributed by atoms with Crippen LogP contribution in [-0.2, 0) is 4.84 Å². The van der Waals surface area contributed by atoms with Crippen molar-refractivity contribution in [1.29, 1.82) is 0 Å². The fraction of sp³-hybridized carbons (Fsp3) is 0.133. The Morgan fingerprint density at radius 2 is 1.61 bits per heavy atom. The first-order valence-electron chi connectivity index (χ1n) is 5.67. The molecule has 0 N–H and O–H groups in total. The summed E-state index contributed by atoms with van der Waals surface area (Å²) in [6, 6.07) is 18.4. The van der Waals surface area contributed by atoms with Crippen molar-refractivity contribution in [2.75, 3.05) is 13.0 Å². The smallest absolute Gasteiger partial charge is 0.106 e. The van der Waals surface area contributed by atoms with Crippen molar-refractivity contribution in [3.63, 3.8) is 0 Å². The quantitative estimate of drug-likeness (QED) is 0.463. The van der Waals surface area contributed by atoms with E-state index in [1.807, 2.05) is 30.3 Å². The maximum absolute atomic E-state index is 5.83. The molecular weight excluding hydrogens is 246 g/mol. The summed E-state index contributed by atoms with van der Waals surface area (Å²) in [5.41, 5.74) is 4.08. The normalized spacial score (nSPS) is 11.3. The fourth-order valence-electron chi connectivity index (χ4n) is 1.75. The molecule has 0 aromatic heterocycles. The summed E-state index contributed by atoms with van der Waals surface area (Å²) < 4.78 is 0. The third-order valence-electron chi connectivity index (χ3n) is 2.65. The lowest BCUT2D eigenvalue weighted by atomic mass is 10.0. The van der Waals surface area contributed by atoms with E-state index in [2.05, 4.69) is 29.4 Å². The molecule has 0 radical (unpaired) electrons. The first kappa shape index (κ1) is 12.7. The van der Waals surface area contributed by atoms with Gasteiger partial charge in [-0.3, -0.25) is 0 Å². The number of alkyl halides is 1. The van der Waals surface area contributed by atoms with E-state index in [0.29, 0.717) is 5.88 Å². The highest BCUT2D eigenvalue weighted by Gasteiger charge is 2.03. The molecule has 0 bridgehead atoms. The Kier molecular flexibility index (Phi) is 4.37. The van der Waals surface area contributed by atoms with E-state index in [4.69, 9.17) is 16.4 Å². The maximum Gasteiger partial charge on any atom is 0.106 e. The molecule has 0 saturated heterocycles. The third-order valence-corrected chi connectivity index (χ3v) is 2.91. The molecule has 0 unspecified atom stereocenters. The molecule has 0 aliphatic rings. The highest BCUT2D eigenvalue weighted by Crippen LogP contribution is 2.19. The van der Waals surface area contributed by atoms with Gasteiger partial charge < -0.3 is 4.84 Å². The van der Waals surface area contributed by atoms with E-state index in [1.165, 1.54) is 18.2 Å². The Labute approximate surface area is 112 Å². The average molecular weight is 260 g/mol. The fourth-order valence-corrected chi connectivity index (χ4v) is 1.95. The van der Waals surface area contributed by atoms with E-state index in [1.54, 1.807) is 0 Å². The predicted molar refractivity (Wildman–Crippen MR) is 76.1 cm³/mol. The first-order chi connectivity index (χ1) is 8.85. The monoisotopic (exact) mass is 259 g/mol. The Morgan fingerprint density at radius 3 is 2.17 bits per heavy atom. The van der Waals surface area contributed by atoms with Gasteiger partial charge in [-0.05, 0) is 11.1 Å². The number of benzene rings is 2. The molecule has 18 heavy (non-hydrogen) atoms. The molecular formula is C15H14ClNO. The number of rotatable bonds is 4. The van der Waals surface area contributed by atoms with Gasteiger partial charge in [-0.25, -0.2) is 0 Å². The van der Waals surface area contributed by atoms with Crippen molar-refractivity contribution in [2.45, 2.75) is 0 Å². The van der Waals surface area contributed by atoms with Crippen LogP contribution in [0.25, 0.3) is 11.1 Å². The molecule has 0 atom stereocenters. The Bertz CT molecular complexity index is 520. The van der Waals surface area contributed by atoms with Gasteiger partial charge in [0, 0.05) is 5.56 Å². The second-order valence-electron chi connectivity index (χ2n) is 3.80. The predicted octanol–water partition coefficient (Wildman–Crippen LogP) is 3.94. The van der Waals surface area contributed by atoms with Crippen molar-refractivity contribution in [3.8, 4) is 11.1 Å². The van der Waals surface area contributed by atoms with Crippen molar-refractivity contribution in [2.24, 2.45) is 5.16 Å². The van der Waals surface area contributed by atoms with E-state index in [-0.39, 0.29) is 0 Å². The van der Waals surface area contributed by atoms with Gasteiger partial charge in [-0.2, -0.15) is 0 Å². The zero-order valence-electron chi connectivity index (χ0n) is 10.1. The largest absolute Gasteiger partial charge is 0.399 e. The average Bonchev–Trinajstić information content (AvgIpc) is 2.46. The SMILES string of the molecule is CO/N=C(/CCl)c1ccc(-c2ccccc2)cc1. The summed E-state index contributed by atoms with van der Waals surface area (Å²) in [5.74, 6) is 0.332. The van der Waals surface area contributed by atoms with Gasteiger partial charge in [0.2, 0.25) is 0 Å². The zero-order valence-corrected chi connectivity index (χ0v) is 10.9. The summed E-state index contributed by atoms with van der Waals surface area (Å²) in [7, 11) is 1.52. The molecule has 0 aliphatic heterocycles. The van der Waals surface area contributed by atoms with Crippen molar-refractivity contribution >= 4 is 17.3 Å². The molecule has 0 saturated carbocycles. The lowest BCUT2D eigenvalue weighted by molar-refractivity contribution is 0.213. The topological polar surface area (TPSA) is 21.6 Å². The van der Waals surface area contributed by atoms with Crippen LogP contribution in [0.15, 0.2) is 59.8 Å². The van der Waals surface area contributed by atoms with Crippen LogP contribution in [-0.4, -0.2) is 18.7 Å². The van der Waals surface area contributed by atoms with E-state index in [0.717, 1.165) is 11.3 Å². The lowest BCUT2D eigenvalue weighted by Crippen LogP contribution is -2.02. The summed E-state index contributed by atoms with van der Waals surface area (Å²) in [6.07, 6.45) is 0. The van der Waals surface area contributed by atoms with E-state index in [9.17, 15) is 0 Å². The summed E-state index contributed by atoms with van der Waals surface area (Å²) in [4.78, 5) is 4.77. The lowest BCUT2D eigenvalue weighted by Gasteiger charge is -2.05. The molecule has 2 aromatic rings. The Hall–Kier alpha value is -1.80. The van der Waals surface area contributed by atoms with Gasteiger partial charge in [0.25, 0.3) is 0 Å². The van der Waals surface area contributed by atoms with Gasteiger partial charge in [0.15, 0.2) is 0 Å². The van der Waals surface area contributed by atoms with Crippen LogP contribution in [0.4, 0.5) is 0 Å². The molecule has 0 amide bonds. The molecule has 92 valence electrons. The van der Waals surface area contributed by atoms with Gasteiger partial charge in [0.1, 0.15) is 12.8 Å². The first-order valence-corrected chi connectivity index (χ1v) is 6.20. The Balaban J connectivity index is 2.28. The molecule has 0 aliphatic carbocycles. The van der Waals surface area contributed by atoms with E-state index >= 15 is 0 Å². The third kappa shape index (κ3) is 2.90.